The van der Waals surface area contributed by atoms with Crippen LogP contribution in [0.15, 0.2) is 0 Å². The minimum atomic E-state index is -0.295. The predicted octanol–water partition coefficient (Wildman–Crippen LogP) is 1.07. The molecule has 1 unspecified atom stereocenters. The van der Waals surface area contributed by atoms with E-state index in [9.17, 15) is 4.79 Å². The van der Waals surface area contributed by atoms with Gasteiger partial charge >= 0.3 is 0 Å². The highest BCUT2D eigenvalue weighted by Gasteiger charge is 2.23. The van der Waals surface area contributed by atoms with Gasteiger partial charge in [-0.3, -0.25) is 4.79 Å². The second kappa shape index (κ2) is 4.82. The zero-order valence-electron chi connectivity index (χ0n) is 9.02. The topological polar surface area (TPSA) is 32.3 Å². The number of likely N-dealkylation sites (N-methyl/N-ethyl adjacent to an activating group) is 1. The molecule has 0 aliphatic rings. The molecule has 1 atom stereocenters. The van der Waals surface area contributed by atoms with Crippen LogP contribution in [0.4, 0.5) is 0 Å². The fourth-order valence-corrected chi connectivity index (χ4v) is 1.21. The molecule has 0 spiro atoms. The Morgan fingerprint density at radius 1 is 1.46 bits per heavy atom. The molecule has 0 radical (unpaired) electrons. The van der Waals surface area contributed by atoms with Crippen molar-refractivity contribution in [3.63, 3.8) is 0 Å². The van der Waals surface area contributed by atoms with Crippen LogP contribution in [0.2, 0.25) is 0 Å². The Hall–Kier alpha value is -0.280. The van der Waals surface area contributed by atoms with Crippen molar-refractivity contribution in [1.29, 1.82) is 0 Å². The monoisotopic (exact) mass is 206 g/mol. The van der Waals surface area contributed by atoms with Crippen LogP contribution in [-0.4, -0.2) is 42.4 Å². The van der Waals surface area contributed by atoms with Crippen LogP contribution < -0.4 is 5.32 Å². The van der Waals surface area contributed by atoms with Gasteiger partial charge in [-0.1, -0.05) is 0 Å². The van der Waals surface area contributed by atoms with Gasteiger partial charge in [0, 0.05) is 25.5 Å². The molecule has 0 aromatic carbocycles. The first-order valence-corrected chi connectivity index (χ1v) is 4.86. The highest BCUT2D eigenvalue weighted by molar-refractivity contribution is 6.19. The maximum Gasteiger partial charge on any atom is 0.240 e. The van der Waals surface area contributed by atoms with Crippen molar-refractivity contribution in [1.82, 2.24) is 10.2 Å². The van der Waals surface area contributed by atoms with E-state index < -0.39 is 0 Å². The summed E-state index contributed by atoms with van der Waals surface area (Å²) < 4.78 is 0. The minimum Gasteiger partial charge on any atom is -0.347 e. The van der Waals surface area contributed by atoms with E-state index in [-0.39, 0.29) is 17.5 Å². The molecule has 0 aliphatic carbocycles. The molecule has 4 heteroatoms. The van der Waals surface area contributed by atoms with Gasteiger partial charge in [-0.05, 0) is 20.8 Å². The SMILES string of the molecule is CN(C)C(=O)C(CCl)NC(C)(C)C. The molecule has 78 valence electrons. The van der Waals surface area contributed by atoms with E-state index in [1.165, 1.54) is 0 Å². The summed E-state index contributed by atoms with van der Waals surface area (Å²) in [4.78, 5) is 13.1. The molecular weight excluding hydrogens is 188 g/mol. The van der Waals surface area contributed by atoms with Crippen LogP contribution in [0.25, 0.3) is 0 Å². The molecule has 0 fully saturated rings. The van der Waals surface area contributed by atoms with Crippen LogP contribution in [0.1, 0.15) is 20.8 Å². The van der Waals surface area contributed by atoms with E-state index >= 15 is 0 Å². The third kappa shape index (κ3) is 5.11. The number of alkyl halides is 1. The fourth-order valence-electron chi connectivity index (χ4n) is 1.00. The Balaban J connectivity index is 4.27. The summed E-state index contributed by atoms with van der Waals surface area (Å²) in [6.07, 6.45) is 0. The van der Waals surface area contributed by atoms with Crippen molar-refractivity contribution in [2.45, 2.75) is 32.4 Å². The van der Waals surface area contributed by atoms with Gasteiger partial charge < -0.3 is 10.2 Å². The first-order chi connectivity index (χ1) is 5.78. The average Bonchev–Trinajstić information content (AvgIpc) is 1.97. The number of hydrogen-bond donors (Lipinski definition) is 1. The lowest BCUT2D eigenvalue weighted by atomic mass is 10.1. The second-order valence-electron chi connectivity index (χ2n) is 4.33. The molecule has 0 bridgehead atoms. The number of amides is 1. The van der Waals surface area contributed by atoms with E-state index in [2.05, 4.69) is 5.32 Å². The Bertz CT molecular complexity index is 175. The lowest BCUT2D eigenvalue weighted by molar-refractivity contribution is -0.130. The van der Waals surface area contributed by atoms with Crippen molar-refractivity contribution in [2.75, 3.05) is 20.0 Å². The fraction of sp³-hybridized carbons (Fsp3) is 0.889. The zero-order valence-corrected chi connectivity index (χ0v) is 9.77. The van der Waals surface area contributed by atoms with Gasteiger partial charge in [0.25, 0.3) is 0 Å². The molecule has 1 N–H and O–H groups in total. The average molecular weight is 207 g/mol. The summed E-state index contributed by atoms with van der Waals surface area (Å²) in [6.45, 7) is 6.03. The Labute approximate surface area is 85.4 Å². The minimum absolute atomic E-state index is 0.0184. The normalized spacial score (nSPS) is 14.0. The van der Waals surface area contributed by atoms with Gasteiger partial charge in [0.2, 0.25) is 5.91 Å². The van der Waals surface area contributed by atoms with Gasteiger partial charge in [0.15, 0.2) is 0 Å². The number of carbonyl (C=O) groups excluding carboxylic acids is 1. The summed E-state index contributed by atoms with van der Waals surface area (Å²) in [5, 5.41) is 3.16. The molecule has 0 saturated carbocycles. The molecule has 0 aromatic heterocycles. The van der Waals surface area contributed by atoms with E-state index in [4.69, 9.17) is 11.6 Å². The van der Waals surface area contributed by atoms with E-state index in [0.717, 1.165) is 0 Å². The van der Waals surface area contributed by atoms with E-state index in [1.54, 1.807) is 19.0 Å². The maximum absolute atomic E-state index is 11.5. The van der Waals surface area contributed by atoms with Crippen LogP contribution in [-0.2, 0) is 4.79 Å². The van der Waals surface area contributed by atoms with E-state index in [0.29, 0.717) is 5.88 Å². The quantitative estimate of drug-likeness (QED) is 0.701. The smallest absolute Gasteiger partial charge is 0.240 e. The largest absolute Gasteiger partial charge is 0.347 e. The standard InChI is InChI=1S/C9H19ClN2O/c1-9(2,3)11-7(6-10)8(13)12(4)5/h7,11H,6H2,1-5H3. The number of nitrogens with zero attached hydrogens (tertiary/aromatic N) is 1. The van der Waals surface area contributed by atoms with Crippen molar-refractivity contribution >= 4 is 17.5 Å². The number of rotatable bonds is 3. The molecule has 0 heterocycles. The summed E-state index contributed by atoms with van der Waals surface area (Å²) in [5.74, 6) is 0.318. The summed E-state index contributed by atoms with van der Waals surface area (Å²) in [7, 11) is 3.46. The van der Waals surface area contributed by atoms with Crippen molar-refractivity contribution in [3.05, 3.63) is 0 Å². The van der Waals surface area contributed by atoms with E-state index in [1.807, 2.05) is 20.8 Å². The van der Waals surface area contributed by atoms with Gasteiger partial charge in [-0.15, -0.1) is 11.6 Å². The Morgan fingerprint density at radius 3 is 2.15 bits per heavy atom. The summed E-state index contributed by atoms with van der Waals surface area (Å²) in [5.41, 5.74) is -0.0920. The molecule has 3 nitrogen and oxygen atoms in total. The number of hydrogen-bond acceptors (Lipinski definition) is 2. The molecule has 13 heavy (non-hydrogen) atoms. The first-order valence-electron chi connectivity index (χ1n) is 4.33. The molecule has 0 aromatic rings. The van der Waals surface area contributed by atoms with Crippen molar-refractivity contribution in [3.8, 4) is 0 Å². The summed E-state index contributed by atoms with van der Waals surface area (Å²) in [6, 6.07) is -0.295. The maximum atomic E-state index is 11.5. The van der Waals surface area contributed by atoms with Gasteiger partial charge in [-0.2, -0.15) is 0 Å². The highest BCUT2D eigenvalue weighted by Crippen LogP contribution is 2.04. The number of carbonyl (C=O) groups is 1. The van der Waals surface area contributed by atoms with Gasteiger partial charge in [0.1, 0.15) is 6.04 Å². The van der Waals surface area contributed by atoms with Gasteiger partial charge in [-0.25, -0.2) is 0 Å². The van der Waals surface area contributed by atoms with Crippen molar-refractivity contribution < 1.29 is 4.79 Å². The number of halogens is 1. The second-order valence-corrected chi connectivity index (χ2v) is 4.64. The van der Waals surface area contributed by atoms with Crippen LogP contribution in [0, 0.1) is 0 Å². The Kier molecular flexibility index (Phi) is 4.71. The lowest BCUT2D eigenvalue weighted by Gasteiger charge is -2.28. The lowest BCUT2D eigenvalue weighted by Crippen LogP contribution is -2.52. The molecule has 1 amide bonds. The third-order valence-corrected chi connectivity index (χ3v) is 1.81. The third-order valence-electron chi connectivity index (χ3n) is 1.50. The Morgan fingerprint density at radius 2 is 1.92 bits per heavy atom. The molecule has 0 rings (SSSR count). The number of nitrogens with one attached hydrogen (secondary N) is 1. The van der Waals surface area contributed by atoms with Gasteiger partial charge in [0.05, 0.1) is 0 Å². The van der Waals surface area contributed by atoms with Crippen LogP contribution >= 0.6 is 11.6 Å². The molecule has 0 saturated heterocycles. The molecular formula is C9H19ClN2O. The summed E-state index contributed by atoms with van der Waals surface area (Å²) >= 11 is 5.70. The van der Waals surface area contributed by atoms with Crippen LogP contribution in [0.5, 0.6) is 0 Å². The molecule has 0 aliphatic heterocycles. The van der Waals surface area contributed by atoms with Crippen LogP contribution in [0.3, 0.4) is 0 Å². The highest BCUT2D eigenvalue weighted by atomic mass is 35.5. The predicted molar refractivity (Wildman–Crippen MR) is 56.1 cm³/mol. The van der Waals surface area contributed by atoms with Crippen molar-refractivity contribution in [2.24, 2.45) is 0 Å². The first kappa shape index (κ1) is 12.7. The zero-order chi connectivity index (χ0) is 10.6.